The van der Waals surface area contributed by atoms with Gasteiger partial charge in [-0.3, -0.25) is 0 Å². The third-order valence-corrected chi connectivity index (χ3v) is 4.07. The molecule has 0 aromatic heterocycles. The molecule has 2 aromatic carbocycles. The number of carbonyl (C=O) groups is 1. The van der Waals surface area contributed by atoms with Gasteiger partial charge in [0.15, 0.2) is 0 Å². The molecule has 2 aromatic rings. The number of ether oxygens (including phenoxy) is 1. The van der Waals surface area contributed by atoms with Gasteiger partial charge in [-0.05, 0) is 41.8 Å². The van der Waals surface area contributed by atoms with Crippen LogP contribution in [0, 0.1) is 17.1 Å². The summed E-state index contributed by atoms with van der Waals surface area (Å²) in [6, 6.07) is 11.7. The minimum Gasteiger partial charge on any atom is -0.493 e. The van der Waals surface area contributed by atoms with Gasteiger partial charge in [0.2, 0.25) is 0 Å². The molecule has 0 saturated carbocycles. The molecule has 5 nitrogen and oxygen atoms in total. The van der Waals surface area contributed by atoms with Crippen molar-refractivity contribution in [3.05, 3.63) is 64.5 Å². The van der Waals surface area contributed by atoms with E-state index in [-0.39, 0.29) is 18.1 Å². The lowest BCUT2D eigenvalue weighted by Gasteiger charge is -2.09. The van der Waals surface area contributed by atoms with Crippen molar-refractivity contribution in [1.82, 2.24) is 10.6 Å². The quantitative estimate of drug-likeness (QED) is 0.879. The Balaban J connectivity index is 1.45. The van der Waals surface area contributed by atoms with Gasteiger partial charge in [0.1, 0.15) is 11.6 Å². The molecule has 0 aliphatic carbocycles. The number of rotatable bonds is 5. The van der Waals surface area contributed by atoms with Gasteiger partial charge in [-0.1, -0.05) is 12.1 Å². The second-order valence-corrected chi connectivity index (χ2v) is 5.82. The molecule has 0 saturated heterocycles. The molecule has 1 aliphatic rings. The van der Waals surface area contributed by atoms with Gasteiger partial charge < -0.3 is 15.4 Å². The number of hydrogen-bond acceptors (Lipinski definition) is 3. The Bertz CT molecular complexity index is 830. The van der Waals surface area contributed by atoms with E-state index in [1.54, 1.807) is 0 Å². The number of nitrogens with one attached hydrogen (secondary N) is 2. The second-order valence-electron chi connectivity index (χ2n) is 5.82. The summed E-state index contributed by atoms with van der Waals surface area (Å²) in [7, 11) is 0. The highest BCUT2D eigenvalue weighted by Gasteiger charge is 2.12. The van der Waals surface area contributed by atoms with E-state index in [0.29, 0.717) is 18.5 Å². The van der Waals surface area contributed by atoms with Crippen molar-refractivity contribution in [3.63, 3.8) is 0 Å². The van der Waals surface area contributed by atoms with Gasteiger partial charge in [-0.2, -0.15) is 5.26 Å². The summed E-state index contributed by atoms with van der Waals surface area (Å²) >= 11 is 0. The first-order valence-corrected chi connectivity index (χ1v) is 8.10. The number of amides is 2. The number of urea groups is 1. The maximum Gasteiger partial charge on any atom is 0.315 e. The molecule has 0 bridgehead atoms. The summed E-state index contributed by atoms with van der Waals surface area (Å²) < 4.78 is 19.1. The summed E-state index contributed by atoms with van der Waals surface area (Å²) in [6.07, 6.45) is 1.63. The van der Waals surface area contributed by atoms with Gasteiger partial charge in [-0.25, -0.2) is 9.18 Å². The first kappa shape index (κ1) is 16.8. The molecule has 0 atom stereocenters. The fourth-order valence-electron chi connectivity index (χ4n) is 2.73. The van der Waals surface area contributed by atoms with E-state index < -0.39 is 5.82 Å². The number of fused-ring (bicyclic) bond motifs is 1. The Morgan fingerprint density at radius 1 is 1.24 bits per heavy atom. The zero-order valence-corrected chi connectivity index (χ0v) is 13.6. The number of nitrogens with zero attached hydrogens (tertiary/aromatic N) is 1. The van der Waals surface area contributed by atoms with Crippen LogP contribution in [0.25, 0.3) is 0 Å². The number of carbonyl (C=O) groups excluding carboxylic acids is 1. The molecule has 2 N–H and O–H groups in total. The van der Waals surface area contributed by atoms with Crippen LogP contribution in [-0.2, 0) is 19.4 Å². The van der Waals surface area contributed by atoms with E-state index in [4.69, 9.17) is 10.00 Å². The van der Waals surface area contributed by atoms with Crippen LogP contribution in [0.2, 0.25) is 0 Å². The van der Waals surface area contributed by atoms with Crippen LogP contribution < -0.4 is 15.4 Å². The van der Waals surface area contributed by atoms with Crippen molar-refractivity contribution >= 4 is 6.03 Å². The maximum absolute atomic E-state index is 13.6. The molecule has 6 heteroatoms. The Hall–Kier alpha value is -3.07. The summed E-state index contributed by atoms with van der Waals surface area (Å²) in [5.74, 6) is 0.496. The van der Waals surface area contributed by atoms with Gasteiger partial charge in [0, 0.05) is 25.1 Å². The monoisotopic (exact) mass is 339 g/mol. The van der Waals surface area contributed by atoms with Gasteiger partial charge >= 0.3 is 6.03 Å². The molecule has 1 heterocycles. The van der Waals surface area contributed by atoms with Crippen molar-refractivity contribution in [2.24, 2.45) is 0 Å². The van der Waals surface area contributed by atoms with Crippen LogP contribution in [0.5, 0.6) is 5.75 Å². The first-order chi connectivity index (χ1) is 12.2. The average Bonchev–Trinajstić information content (AvgIpc) is 3.09. The molecule has 3 rings (SSSR count). The smallest absolute Gasteiger partial charge is 0.315 e. The minimum atomic E-state index is -0.445. The predicted octanol–water partition coefficient (Wildman–Crippen LogP) is 2.67. The topological polar surface area (TPSA) is 74.2 Å². The van der Waals surface area contributed by atoms with Crippen molar-refractivity contribution < 1.29 is 13.9 Å². The highest BCUT2D eigenvalue weighted by molar-refractivity contribution is 5.73. The largest absolute Gasteiger partial charge is 0.493 e. The van der Waals surface area contributed by atoms with E-state index in [1.807, 2.05) is 18.2 Å². The van der Waals surface area contributed by atoms with Gasteiger partial charge in [0.25, 0.3) is 0 Å². The Morgan fingerprint density at radius 3 is 2.96 bits per heavy atom. The fourth-order valence-corrected chi connectivity index (χ4v) is 2.73. The van der Waals surface area contributed by atoms with Crippen LogP contribution >= 0.6 is 0 Å². The van der Waals surface area contributed by atoms with Crippen LogP contribution in [0.1, 0.15) is 22.3 Å². The molecule has 0 radical (unpaired) electrons. The SMILES string of the molecule is N#Cc1ccc(F)c(CNC(=O)NCCc2ccc3c(c2)CCO3)c1. The molecular weight excluding hydrogens is 321 g/mol. The molecule has 0 fully saturated rings. The van der Waals surface area contributed by atoms with Gasteiger partial charge in [-0.15, -0.1) is 0 Å². The van der Waals surface area contributed by atoms with Crippen molar-refractivity contribution in [2.75, 3.05) is 13.2 Å². The number of benzene rings is 2. The third kappa shape index (κ3) is 4.27. The van der Waals surface area contributed by atoms with Crippen LogP contribution in [0.3, 0.4) is 0 Å². The molecular formula is C19H18FN3O2. The third-order valence-electron chi connectivity index (χ3n) is 4.07. The highest BCUT2D eigenvalue weighted by Crippen LogP contribution is 2.25. The molecule has 25 heavy (non-hydrogen) atoms. The average molecular weight is 339 g/mol. The Labute approximate surface area is 145 Å². The second kappa shape index (κ2) is 7.67. The Morgan fingerprint density at radius 2 is 2.12 bits per heavy atom. The van der Waals surface area contributed by atoms with Crippen LogP contribution in [0.4, 0.5) is 9.18 Å². The summed E-state index contributed by atoms with van der Waals surface area (Å²) in [6.45, 7) is 1.23. The van der Waals surface area contributed by atoms with Gasteiger partial charge in [0.05, 0.1) is 18.2 Å². The number of hydrogen-bond donors (Lipinski definition) is 2. The summed E-state index contributed by atoms with van der Waals surface area (Å²) in [5, 5.41) is 14.2. The predicted molar refractivity (Wildman–Crippen MR) is 90.7 cm³/mol. The lowest BCUT2D eigenvalue weighted by Crippen LogP contribution is -2.36. The van der Waals surface area contributed by atoms with E-state index in [9.17, 15) is 9.18 Å². The van der Waals surface area contributed by atoms with Crippen molar-refractivity contribution in [3.8, 4) is 11.8 Å². The first-order valence-electron chi connectivity index (χ1n) is 8.10. The van der Waals surface area contributed by atoms with Crippen molar-refractivity contribution in [1.29, 1.82) is 5.26 Å². The zero-order chi connectivity index (χ0) is 17.6. The molecule has 1 aliphatic heterocycles. The lowest BCUT2D eigenvalue weighted by atomic mass is 10.1. The summed E-state index contributed by atoms with van der Waals surface area (Å²) in [4.78, 5) is 11.8. The summed E-state index contributed by atoms with van der Waals surface area (Å²) in [5.41, 5.74) is 2.99. The zero-order valence-electron chi connectivity index (χ0n) is 13.6. The van der Waals surface area contributed by atoms with Crippen LogP contribution in [0.15, 0.2) is 36.4 Å². The maximum atomic E-state index is 13.6. The number of nitriles is 1. The minimum absolute atomic E-state index is 0.0311. The number of halogens is 1. The van der Waals surface area contributed by atoms with E-state index in [0.717, 1.165) is 24.3 Å². The molecule has 0 unspecified atom stereocenters. The normalized spacial score (nSPS) is 12.0. The molecule has 2 amide bonds. The molecule has 128 valence electrons. The van der Waals surface area contributed by atoms with Crippen molar-refractivity contribution in [2.45, 2.75) is 19.4 Å². The van der Waals surface area contributed by atoms with E-state index >= 15 is 0 Å². The van der Waals surface area contributed by atoms with E-state index in [2.05, 4.69) is 16.7 Å². The fraction of sp³-hybridized carbons (Fsp3) is 0.263. The highest BCUT2D eigenvalue weighted by atomic mass is 19.1. The standard InChI is InChI=1S/C19H18FN3O2/c20-17-3-1-14(11-21)10-16(17)12-23-19(24)22-7-5-13-2-4-18-15(9-13)6-8-25-18/h1-4,9-10H,5-8,12H2,(H2,22,23,24). The lowest BCUT2D eigenvalue weighted by molar-refractivity contribution is 0.240. The molecule has 0 spiro atoms. The van der Waals surface area contributed by atoms with Crippen LogP contribution in [-0.4, -0.2) is 19.2 Å². The van der Waals surface area contributed by atoms with E-state index in [1.165, 1.54) is 23.8 Å². The Kier molecular flexibility index (Phi) is 5.14.